The van der Waals surface area contributed by atoms with Crippen molar-refractivity contribution >= 4 is 11.6 Å². The highest BCUT2D eigenvalue weighted by Gasteiger charge is 2.31. The molecule has 2 aromatic rings. The van der Waals surface area contributed by atoms with Gasteiger partial charge in [0.15, 0.2) is 11.5 Å². The van der Waals surface area contributed by atoms with Crippen LogP contribution in [0.25, 0.3) is 0 Å². The number of hydrazone groups is 1. The molecule has 2 aromatic carbocycles. The number of phenols is 1. The maximum atomic E-state index is 14.1. The van der Waals surface area contributed by atoms with Crippen molar-refractivity contribution in [1.29, 1.82) is 0 Å². The molecule has 0 aromatic heterocycles. The first-order chi connectivity index (χ1) is 13.4. The van der Waals surface area contributed by atoms with Gasteiger partial charge in [0.1, 0.15) is 11.6 Å². The van der Waals surface area contributed by atoms with E-state index >= 15 is 0 Å². The van der Waals surface area contributed by atoms with Crippen molar-refractivity contribution in [2.24, 2.45) is 5.10 Å². The summed E-state index contributed by atoms with van der Waals surface area (Å²) in [6, 6.07) is 5.50. The van der Waals surface area contributed by atoms with Gasteiger partial charge in [-0.05, 0) is 36.6 Å². The summed E-state index contributed by atoms with van der Waals surface area (Å²) < 4.78 is 29.8. The molecule has 0 saturated carbocycles. The Morgan fingerprint density at radius 1 is 1.18 bits per heavy atom. The van der Waals surface area contributed by atoms with Gasteiger partial charge < -0.3 is 19.3 Å². The first-order valence-corrected chi connectivity index (χ1v) is 8.59. The molecular formula is C20H21FN2O5. The number of benzene rings is 2. The van der Waals surface area contributed by atoms with Gasteiger partial charge in [-0.2, -0.15) is 5.10 Å². The van der Waals surface area contributed by atoms with Crippen LogP contribution in [0.4, 0.5) is 4.39 Å². The number of phenolic OH excluding ortho intramolecular Hbond substituents is 1. The zero-order valence-electron chi connectivity index (χ0n) is 16.0. The molecule has 28 heavy (non-hydrogen) atoms. The average Bonchev–Trinajstić information content (AvgIpc) is 3.05. The van der Waals surface area contributed by atoms with Crippen LogP contribution in [0.1, 0.15) is 40.7 Å². The number of rotatable bonds is 5. The SMILES string of the molecule is COc1cc(C(=O)N/N=C2\C[C@H](C)c3c(F)ccc(O)c32)cc(OC)c1OC. The molecule has 0 unspecified atom stereocenters. The molecule has 0 fully saturated rings. The van der Waals surface area contributed by atoms with Gasteiger partial charge >= 0.3 is 0 Å². The lowest BCUT2D eigenvalue weighted by Crippen LogP contribution is -2.20. The fraction of sp³-hybridized carbons (Fsp3) is 0.300. The molecule has 1 aliphatic carbocycles. The first kappa shape index (κ1) is 19.5. The minimum atomic E-state index is -0.510. The van der Waals surface area contributed by atoms with Gasteiger partial charge in [0.2, 0.25) is 5.75 Å². The fourth-order valence-electron chi connectivity index (χ4n) is 3.36. The van der Waals surface area contributed by atoms with Gasteiger partial charge in [0.05, 0.1) is 27.0 Å². The molecule has 0 bridgehead atoms. The van der Waals surface area contributed by atoms with Crippen LogP contribution < -0.4 is 19.6 Å². The highest BCUT2D eigenvalue weighted by Crippen LogP contribution is 2.40. The predicted octanol–water partition coefficient (Wildman–Crippen LogP) is 3.20. The van der Waals surface area contributed by atoms with E-state index in [1.807, 2.05) is 6.92 Å². The number of nitrogens with one attached hydrogen (secondary N) is 1. The molecule has 1 amide bonds. The number of aromatic hydroxyl groups is 1. The molecular weight excluding hydrogens is 367 g/mol. The van der Waals surface area contributed by atoms with Crippen molar-refractivity contribution < 1.29 is 28.5 Å². The van der Waals surface area contributed by atoms with Gasteiger partial charge in [-0.25, -0.2) is 9.82 Å². The Kier molecular flexibility index (Phi) is 5.39. The van der Waals surface area contributed by atoms with Crippen molar-refractivity contribution in [1.82, 2.24) is 5.43 Å². The summed E-state index contributed by atoms with van der Waals surface area (Å²) in [5, 5.41) is 14.2. The van der Waals surface area contributed by atoms with E-state index in [1.165, 1.54) is 45.6 Å². The normalized spacial score (nSPS) is 16.6. The van der Waals surface area contributed by atoms with E-state index in [2.05, 4.69) is 10.5 Å². The molecule has 0 saturated heterocycles. The molecule has 2 N–H and O–H groups in total. The number of carbonyl (C=O) groups excluding carboxylic acids is 1. The number of amides is 1. The summed E-state index contributed by atoms with van der Waals surface area (Å²) in [7, 11) is 4.37. The van der Waals surface area contributed by atoms with Crippen LogP contribution in [0.2, 0.25) is 0 Å². The standard InChI is InChI=1S/C20H21FN2O5/c1-10-7-13(18-14(24)6-5-12(21)17(10)18)22-23-20(25)11-8-15(26-2)19(28-4)16(9-11)27-3/h5-6,8-10,24H,7H2,1-4H3,(H,23,25)/b22-13+/t10-/m0/s1. The predicted molar refractivity (Wildman–Crippen MR) is 101 cm³/mol. The van der Waals surface area contributed by atoms with Crippen molar-refractivity contribution in [3.63, 3.8) is 0 Å². The molecule has 0 heterocycles. The van der Waals surface area contributed by atoms with Crippen LogP contribution >= 0.6 is 0 Å². The summed E-state index contributed by atoms with van der Waals surface area (Å²) in [4.78, 5) is 12.6. The Balaban J connectivity index is 1.91. The number of hydrogen-bond acceptors (Lipinski definition) is 6. The third kappa shape index (κ3) is 3.33. The lowest BCUT2D eigenvalue weighted by molar-refractivity contribution is 0.0954. The first-order valence-electron chi connectivity index (χ1n) is 8.59. The van der Waals surface area contributed by atoms with Gasteiger partial charge in [-0.15, -0.1) is 0 Å². The van der Waals surface area contributed by atoms with E-state index in [9.17, 15) is 14.3 Å². The van der Waals surface area contributed by atoms with Crippen molar-refractivity contribution in [2.45, 2.75) is 19.3 Å². The van der Waals surface area contributed by atoms with Crippen LogP contribution in [-0.2, 0) is 0 Å². The average molecular weight is 388 g/mol. The van der Waals surface area contributed by atoms with E-state index < -0.39 is 11.7 Å². The molecule has 8 heteroatoms. The summed E-state index contributed by atoms with van der Waals surface area (Å²) >= 11 is 0. The summed E-state index contributed by atoms with van der Waals surface area (Å²) in [6.07, 6.45) is 0.402. The largest absolute Gasteiger partial charge is 0.507 e. The lowest BCUT2D eigenvalue weighted by Gasteiger charge is -2.13. The monoisotopic (exact) mass is 388 g/mol. The van der Waals surface area contributed by atoms with Gasteiger partial charge in [0, 0.05) is 16.7 Å². The number of carbonyl (C=O) groups is 1. The van der Waals surface area contributed by atoms with Gasteiger partial charge in [-0.1, -0.05) is 6.92 Å². The minimum Gasteiger partial charge on any atom is -0.507 e. The van der Waals surface area contributed by atoms with E-state index in [4.69, 9.17) is 14.2 Å². The molecule has 7 nitrogen and oxygen atoms in total. The van der Waals surface area contributed by atoms with E-state index in [0.29, 0.717) is 40.5 Å². The van der Waals surface area contributed by atoms with E-state index in [-0.39, 0.29) is 17.2 Å². The smallest absolute Gasteiger partial charge is 0.271 e. The minimum absolute atomic E-state index is 0.0680. The maximum Gasteiger partial charge on any atom is 0.271 e. The second kappa shape index (κ2) is 7.75. The maximum absolute atomic E-state index is 14.1. The number of ether oxygens (including phenoxy) is 3. The molecule has 0 aliphatic heterocycles. The third-order valence-corrected chi connectivity index (χ3v) is 4.67. The Morgan fingerprint density at radius 3 is 2.39 bits per heavy atom. The van der Waals surface area contributed by atoms with Gasteiger partial charge in [-0.3, -0.25) is 4.79 Å². The van der Waals surface area contributed by atoms with E-state index in [1.54, 1.807) is 0 Å². The fourth-order valence-corrected chi connectivity index (χ4v) is 3.36. The second-order valence-electron chi connectivity index (χ2n) is 6.37. The van der Waals surface area contributed by atoms with Crippen molar-refractivity contribution in [3.8, 4) is 23.0 Å². The van der Waals surface area contributed by atoms with Crippen LogP contribution in [0.15, 0.2) is 29.4 Å². The highest BCUT2D eigenvalue weighted by molar-refractivity contribution is 6.08. The summed E-state index contributed by atoms with van der Waals surface area (Å²) in [5.41, 5.74) is 3.85. The van der Waals surface area contributed by atoms with Crippen molar-refractivity contribution in [2.75, 3.05) is 21.3 Å². The molecule has 0 radical (unpaired) electrons. The Bertz CT molecular complexity index is 933. The van der Waals surface area contributed by atoms with Gasteiger partial charge in [0.25, 0.3) is 5.91 Å². The number of halogens is 1. The van der Waals surface area contributed by atoms with Crippen LogP contribution in [0.3, 0.4) is 0 Å². The Labute approximate surface area is 161 Å². The van der Waals surface area contributed by atoms with Crippen LogP contribution in [0.5, 0.6) is 23.0 Å². The molecule has 0 spiro atoms. The number of fused-ring (bicyclic) bond motifs is 1. The second-order valence-corrected chi connectivity index (χ2v) is 6.37. The number of nitrogens with zero attached hydrogens (tertiary/aromatic N) is 1. The Morgan fingerprint density at radius 2 is 1.82 bits per heavy atom. The quantitative estimate of drug-likeness (QED) is 0.768. The zero-order valence-corrected chi connectivity index (χ0v) is 16.0. The Hall–Kier alpha value is -3.29. The van der Waals surface area contributed by atoms with Crippen LogP contribution in [-0.4, -0.2) is 38.1 Å². The lowest BCUT2D eigenvalue weighted by atomic mass is 10.0. The third-order valence-electron chi connectivity index (χ3n) is 4.67. The topological polar surface area (TPSA) is 89.4 Å². The molecule has 1 atom stereocenters. The molecule has 148 valence electrons. The summed E-state index contributed by atoms with van der Waals surface area (Å²) in [6.45, 7) is 1.84. The number of hydrogen-bond donors (Lipinski definition) is 2. The summed E-state index contributed by atoms with van der Waals surface area (Å²) in [5.74, 6) is -0.101. The van der Waals surface area contributed by atoms with E-state index in [0.717, 1.165) is 0 Å². The van der Waals surface area contributed by atoms with Crippen LogP contribution in [0, 0.1) is 5.82 Å². The van der Waals surface area contributed by atoms with Crippen molar-refractivity contribution in [3.05, 3.63) is 46.8 Å². The molecule has 1 aliphatic rings. The molecule has 3 rings (SSSR count). The number of methoxy groups -OCH3 is 3. The highest BCUT2D eigenvalue weighted by atomic mass is 19.1. The zero-order chi connectivity index (χ0) is 20.4.